The first kappa shape index (κ1) is 34.2. The van der Waals surface area contributed by atoms with Crippen molar-refractivity contribution in [1.29, 1.82) is 0 Å². The third-order valence-corrected chi connectivity index (χ3v) is 7.73. The van der Waals surface area contributed by atoms with Crippen molar-refractivity contribution in [3.63, 3.8) is 0 Å². The van der Waals surface area contributed by atoms with Crippen LogP contribution in [0.25, 0.3) is 0 Å². The van der Waals surface area contributed by atoms with Crippen molar-refractivity contribution in [3.8, 4) is 11.5 Å². The van der Waals surface area contributed by atoms with E-state index in [-0.39, 0.29) is 24.7 Å². The number of hydrogen-bond donors (Lipinski definition) is 2. The van der Waals surface area contributed by atoms with Gasteiger partial charge in [-0.15, -0.1) is 0 Å². The van der Waals surface area contributed by atoms with Crippen molar-refractivity contribution >= 4 is 35.0 Å². The van der Waals surface area contributed by atoms with Gasteiger partial charge in [-0.25, -0.2) is 0 Å². The third-order valence-electron chi connectivity index (χ3n) is 7.73. The van der Waals surface area contributed by atoms with E-state index in [0.717, 1.165) is 11.1 Å². The molecule has 4 aromatic carbocycles. The van der Waals surface area contributed by atoms with Gasteiger partial charge in [0.15, 0.2) is 0 Å². The summed E-state index contributed by atoms with van der Waals surface area (Å²) in [6, 6.07) is 30.7. The van der Waals surface area contributed by atoms with Crippen molar-refractivity contribution in [2.45, 2.75) is 31.3 Å². The highest BCUT2D eigenvalue weighted by molar-refractivity contribution is 6.04. The Morgan fingerprint density at radius 3 is 1.21 bits per heavy atom. The number of amides is 4. The number of benzene rings is 4. The summed E-state index contributed by atoms with van der Waals surface area (Å²) in [5, 5.41) is 5.52. The highest BCUT2D eigenvalue weighted by Crippen LogP contribution is 2.21. The summed E-state index contributed by atoms with van der Waals surface area (Å²) in [6.45, 7) is 0. The number of rotatable bonds is 14. The molecule has 10 nitrogen and oxygen atoms in total. The zero-order valence-corrected chi connectivity index (χ0v) is 27.0. The minimum Gasteiger partial charge on any atom is -0.497 e. The molecule has 47 heavy (non-hydrogen) atoms. The molecular weight excluding hydrogens is 596 g/mol. The van der Waals surface area contributed by atoms with Gasteiger partial charge in [-0.2, -0.15) is 0 Å². The standard InChI is InChI=1S/C37H40N4O6/c1-40(28-15-19-30(46-3)20-16-28)36(44)32(23-26-11-7-5-8-12-26)38-34(42)25-35(43)39-33(24-27-13-9-6-10-14-27)37(45)41(2)29-17-21-31(47-4)22-18-29/h5-22,32-33H,23-25H2,1-4H3,(H,38,42)(H,39,43)/t32-,33-/m0/s1. The molecule has 0 heterocycles. The van der Waals surface area contributed by atoms with Gasteiger partial charge in [0.1, 0.15) is 30.0 Å². The zero-order valence-electron chi connectivity index (χ0n) is 27.0. The topological polar surface area (TPSA) is 117 Å². The third kappa shape index (κ3) is 9.67. The smallest absolute Gasteiger partial charge is 0.249 e. The van der Waals surface area contributed by atoms with Crippen molar-refractivity contribution in [2.75, 3.05) is 38.1 Å². The van der Waals surface area contributed by atoms with Crippen LogP contribution in [-0.4, -0.2) is 64.0 Å². The Kier molecular flexibility index (Phi) is 12.1. The van der Waals surface area contributed by atoms with Gasteiger partial charge in [0, 0.05) is 38.3 Å². The predicted molar refractivity (Wildman–Crippen MR) is 182 cm³/mol. The molecule has 0 aromatic heterocycles. The lowest BCUT2D eigenvalue weighted by atomic mass is 10.0. The molecule has 0 aliphatic rings. The molecule has 0 fully saturated rings. The molecule has 0 saturated carbocycles. The van der Waals surface area contributed by atoms with Crippen LogP contribution in [0.2, 0.25) is 0 Å². The molecule has 0 radical (unpaired) electrons. The Balaban J connectivity index is 1.48. The van der Waals surface area contributed by atoms with Crippen LogP contribution < -0.4 is 29.9 Å². The summed E-state index contributed by atoms with van der Waals surface area (Å²) in [6.07, 6.45) is -0.139. The number of carbonyl (C=O) groups excluding carboxylic acids is 4. The maximum absolute atomic E-state index is 13.7. The van der Waals surface area contributed by atoms with Gasteiger partial charge in [0.05, 0.1) is 14.2 Å². The highest BCUT2D eigenvalue weighted by Gasteiger charge is 2.29. The molecule has 4 rings (SSSR count). The van der Waals surface area contributed by atoms with E-state index in [4.69, 9.17) is 9.47 Å². The van der Waals surface area contributed by atoms with Crippen LogP contribution in [0.15, 0.2) is 109 Å². The van der Waals surface area contributed by atoms with Gasteiger partial charge in [-0.05, 0) is 59.7 Å². The molecule has 10 heteroatoms. The van der Waals surface area contributed by atoms with Gasteiger partial charge in [0.25, 0.3) is 0 Å². The van der Waals surface area contributed by atoms with Crippen LogP contribution in [0.4, 0.5) is 11.4 Å². The van der Waals surface area contributed by atoms with E-state index in [0.29, 0.717) is 22.9 Å². The second-order valence-corrected chi connectivity index (χ2v) is 11.0. The number of likely N-dealkylation sites (N-methyl/N-ethyl adjacent to an activating group) is 2. The summed E-state index contributed by atoms with van der Waals surface area (Å²) >= 11 is 0. The Morgan fingerprint density at radius 2 is 0.894 bits per heavy atom. The lowest BCUT2D eigenvalue weighted by molar-refractivity contribution is -0.133. The molecule has 2 N–H and O–H groups in total. The minimum absolute atomic E-state index is 0.218. The molecule has 0 unspecified atom stereocenters. The van der Waals surface area contributed by atoms with E-state index in [1.165, 1.54) is 9.80 Å². The van der Waals surface area contributed by atoms with E-state index >= 15 is 0 Å². The molecule has 244 valence electrons. The molecule has 2 atom stereocenters. The van der Waals surface area contributed by atoms with Crippen LogP contribution in [-0.2, 0) is 32.0 Å². The maximum Gasteiger partial charge on any atom is 0.249 e. The summed E-state index contributed by atoms with van der Waals surface area (Å²) in [7, 11) is 6.37. The number of hydrogen-bond acceptors (Lipinski definition) is 6. The monoisotopic (exact) mass is 636 g/mol. The zero-order chi connectivity index (χ0) is 33.8. The van der Waals surface area contributed by atoms with E-state index in [9.17, 15) is 19.2 Å². The minimum atomic E-state index is -0.951. The van der Waals surface area contributed by atoms with Crippen molar-refractivity contribution < 1.29 is 28.7 Å². The summed E-state index contributed by atoms with van der Waals surface area (Å²) in [5.41, 5.74) is 2.91. The van der Waals surface area contributed by atoms with Gasteiger partial charge in [0.2, 0.25) is 23.6 Å². The molecule has 0 saturated heterocycles. The second kappa shape index (κ2) is 16.6. The average molecular weight is 637 g/mol. The Hall–Kier alpha value is -5.64. The number of anilines is 2. The fourth-order valence-corrected chi connectivity index (χ4v) is 5.07. The Labute approximate surface area is 275 Å². The molecule has 0 bridgehead atoms. The van der Waals surface area contributed by atoms with Gasteiger partial charge >= 0.3 is 0 Å². The maximum atomic E-state index is 13.7. The van der Waals surface area contributed by atoms with Crippen LogP contribution in [0.3, 0.4) is 0 Å². The molecule has 0 aliphatic carbocycles. The Morgan fingerprint density at radius 1 is 0.553 bits per heavy atom. The first-order valence-electron chi connectivity index (χ1n) is 15.2. The Bertz CT molecular complexity index is 1510. The fraction of sp³-hybridized carbons (Fsp3) is 0.243. The number of ether oxygens (including phenoxy) is 2. The van der Waals surface area contributed by atoms with Crippen LogP contribution in [0.1, 0.15) is 17.5 Å². The van der Waals surface area contributed by atoms with Crippen molar-refractivity contribution in [3.05, 3.63) is 120 Å². The second-order valence-electron chi connectivity index (χ2n) is 11.0. The lowest BCUT2D eigenvalue weighted by Gasteiger charge is -2.26. The molecule has 4 amide bonds. The SMILES string of the molecule is COc1ccc(N(C)C(=O)[C@H](Cc2ccccc2)NC(=O)CC(=O)N[C@@H](Cc2ccccc2)C(=O)N(C)c2ccc(OC)cc2)cc1. The quantitative estimate of drug-likeness (QED) is 0.201. The summed E-state index contributed by atoms with van der Waals surface area (Å²) in [4.78, 5) is 56.8. The largest absolute Gasteiger partial charge is 0.497 e. The number of nitrogens with zero attached hydrogens (tertiary/aromatic N) is 2. The van der Waals surface area contributed by atoms with E-state index in [1.807, 2.05) is 60.7 Å². The van der Waals surface area contributed by atoms with Crippen LogP contribution >= 0.6 is 0 Å². The van der Waals surface area contributed by atoms with E-state index in [1.54, 1.807) is 76.8 Å². The first-order chi connectivity index (χ1) is 22.7. The predicted octanol–water partition coefficient (Wildman–Crippen LogP) is 4.17. The summed E-state index contributed by atoms with van der Waals surface area (Å²) < 4.78 is 10.4. The highest BCUT2D eigenvalue weighted by atomic mass is 16.5. The lowest BCUT2D eigenvalue weighted by Crippen LogP contribution is -2.51. The normalized spacial score (nSPS) is 11.8. The van der Waals surface area contributed by atoms with E-state index in [2.05, 4.69) is 10.6 Å². The van der Waals surface area contributed by atoms with Gasteiger partial charge in [-0.1, -0.05) is 60.7 Å². The van der Waals surface area contributed by atoms with Crippen LogP contribution in [0, 0.1) is 0 Å². The molecule has 0 spiro atoms. The van der Waals surface area contributed by atoms with Crippen LogP contribution in [0.5, 0.6) is 11.5 Å². The fourth-order valence-electron chi connectivity index (χ4n) is 5.07. The average Bonchev–Trinajstić information content (AvgIpc) is 3.10. The van der Waals surface area contributed by atoms with Gasteiger partial charge in [-0.3, -0.25) is 19.2 Å². The van der Waals surface area contributed by atoms with E-state index < -0.39 is 30.3 Å². The number of methoxy groups -OCH3 is 2. The number of nitrogens with one attached hydrogen (secondary N) is 2. The van der Waals surface area contributed by atoms with Crippen molar-refractivity contribution in [2.24, 2.45) is 0 Å². The molecular formula is C37H40N4O6. The first-order valence-corrected chi connectivity index (χ1v) is 15.2. The molecule has 4 aromatic rings. The van der Waals surface area contributed by atoms with Gasteiger partial charge < -0.3 is 29.9 Å². The summed E-state index contributed by atoms with van der Waals surface area (Å²) in [5.74, 6) is -0.705. The van der Waals surface area contributed by atoms with Crippen molar-refractivity contribution in [1.82, 2.24) is 10.6 Å². The molecule has 0 aliphatic heterocycles. The number of carbonyl (C=O) groups is 4.